The third-order valence-electron chi connectivity index (χ3n) is 1.87. The van der Waals surface area contributed by atoms with Crippen LogP contribution < -0.4 is 10.5 Å². The topological polar surface area (TPSA) is 72.5 Å². The van der Waals surface area contributed by atoms with Gasteiger partial charge in [-0.1, -0.05) is 24.8 Å². The van der Waals surface area contributed by atoms with Crippen LogP contribution in [-0.2, 0) is 4.79 Å². The number of carboxylic acid groups (broad SMARTS) is 1. The van der Waals surface area contributed by atoms with Crippen molar-refractivity contribution < 1.29 is 14.6 Å². The average molecular weight is 207 g/mol. The molecule has 1 atom stereocenters. The summed E-state index contributed by atoms with van der Waals surface area (Å²) in [5, 5.41) is 8.68. The molecule has 4 nitrogen and oxygen atoms in total. The number of rotatable bonds is 5. The molecule has 0 saturated carbocycles. The lowest BCUT2D eigenvalue weighted by Crippen LogP contribution is -2.20. The van der Waals surface area contributed by atoms with E-state index < -0.39 is 12.0 Å². The van der Waals surface area contributed by atoms with Crippen molar-refractivity contribution in [3.8, 4) is 5.75 Å². The summed E-state index contributed by atoms with van der Waals surface area (Å²) in [5.41, 5.74) is 5.98. The van der Waals surface area contributed by atoms with E-state index in [0.29, 0.717) is 17.9 Å². The van der Waals surface area contributed by atoms with E-state index in [9.17, 15) is 4.79 Å². The van der Waals surface area contributed by atoms with Crippen molar-refractivity contribution in [2.75, 3.05) is 6.61 Å². The second-order valence-corrected chi connectivity index (χ2v) is 2.98. The van der Waals surface area contributed by atoms with E-state index in [2.05, 4.69) is 6.58 Å². The van der Waals surface area contributed by atoms with Crippen LogP contribution >= 0.6 is 0 Å². The minimum absolute atomic E-state index is 0.421. The van der Waals surface area contributed by atoms with Crippen molar-refractivity contribution in [2.45, 2.75) is 6.04 Å². The number of hydrogen-bond acceptors (Lipinski definition) is 3. The first-order valence-electron chi connectivity index (χ1n) is 4.47. The number of nitrogens with two attached hydrogens (primary N) is 1. The summed E-state index contributed by atoms with van der Waals surface area (Å²) in [5.74, 6) is -0.383. The van der Waals surface area contributed by atoms with Gasteiger partial charge in [-0.15, -0.1) is 0 Å². The predicted molar refractivity (Wildman–Crippen MR) is 56.7 cm³/mol. The molecule has 0 spiro atoms. The third kappa shape index (κ3) is 3.11. The number of benzene rings is 1. The average Bonchev–Trinajstić information content (AvgIpc) is 2.26. The molecule has 0 aliphatic heterocycles. The van der Waals surface area contributed by atoms with Gasteiger partial charge in [0.1, 0.15) is 18.4 Å². The Morgan fingerprint density at radius 1 is 1.53 bits per heavy atom. The molecule has 0 saturated heterocycles. The Bertz CT molecular complexity index is 345. The Labute approximate surface area is 88.0 Å². The summed E-state index contributed by atoms with van der Waals surface area (Å²) < 4.78 is 5.24. The molecule has 0 amide bonds. The summed E-state index contributed by atoms with van der Waals surface area (Å²) in [6.07, 6.45) is 1.64. The van der Waals surface area contributed by atoms with Gasteiger partial charge in [-0.3, -0.25) is 4.79 Å². The van der Waals surface area contributed by atoms with Gasteiger partial charge in [0.2, 0.25) is 0 Å². The highest BCUT2D eigenvalue weighted by molar-refractivity contribution is 5.75. The standard InChI is InChI=1S/C11H13NO3/c1-2-7-15-9-5-3-8(4-6-9)10(12)11(13)14/h2-6,10H,1,7,12H2,(H,13,14). The number of aliphatic carboxylic acids is 1. The first kappa shape index (κ1) is 11.3. The molecule has 0 heterocycles. The smallest absolute Gasteiger partial charge is 0.325 e. The Hall–Kier alpha value is -1.81. The molecule has 4 heteroatoms. The fourth-order valence-corrected chi connectivity index (χ4v) is 1.07. The number of ether oxygens (including phenoxy) is 1. The van der Waals surface area contributed by atoms with Gasteiger partial charge in [0, 0.05) is 0 Å². The van der Waals surface area contributed by atoms with Crippen molar-refractivity contribution in [1.29, 1.82) is 0 Å². The zero-order chi connectivity index (χ0) is 11.3. The lowest BCUT2D eigenvalue weighted by Gasteiger charge is -2.08. The zero-order valence-corrected chi connectivity index (χ0v) is 8.22. The molecule has 0 aliphatic rings. The van der Waals surface area contributed by atoms with Crippen molar-refractivity contribution in [3.63, 3.8) is 0 Å². The van der Waals surface area contributed by atoms with Crippen LogP contribution in [-0.4, -0.2) is 17.7 Å². The Morgan fingerprint density at radius 2 is 2.13 bits per heavy atom. The SMILES string of the molecule is C=CCOc1ccc(C(N)C(=O)O)cc1. The lowest BCUT2D eigenvalue weighted by molar-refractivity contribution is -0.138. The summed E-state index contributed by atoms with van der Waals surface area (Å²) in [6.45, 7) is 3.94. The van der Waals surface area contributed by atoms with Gasteiger partial charge >= 0.3 is 5.97 Å². The summed E-state index contributed by atoms with van der Waals surface area (Å²) in [7, 11) is 0. The number of carbonyl (C=O) groups is 1. The Morgan fingerprint density at radius 3 is 2.60 bits per heavy atom. The minimum Gasteiger partial charge on any atom is -0.490 e. The van der Waals surface area contributed by atoms with Gasteiger partial charge in [-0.05, 0) is 17.7 Å². The van der Waals surface area contributed by atoms with Gasteiger partial charge < -0.3 is 15.6 Å². The van der Waals surface area contributed by atoms with E-state index in [0.717, 1.165) is 0 Å². The van der Waals surface area contributed by atoms with Crippen LogP contribution in [0, 0.1) is 0 Å². The van der Waals surface area contributed by atoms with Crippen LogP contribution in [0.25, 0.3) is 0 Å². The molecule has 15 heavy (non-hydrogen) atoms. The maximum atomic E-state index is 10.6. The number of hydrogen-bond donors (Lipinski definition) is 2. The van der Waals surface area contributed by atoms with Gasteiger partial charge in [0.15, 0.2) is 0 Å². The van der Waals surface area contributed by atoms with Gasteiger partial charge in [0.25, 0.3) is 0 Å². The third-order valence-corrected chi connectivity index (χ3v) is 1.87. The highest BCUT2D eigenvalue weighted by Crippen LogP contribution is 2.16. The van der Waals surface area contributed by atoms with Gasteiger partial charge in [-0.25, -0.2) is 0 Å². The summed E-state index contributed by atoms with van der Waals surface area (Å²) in [6, 6.07) is 5.65. The second kappa shape index (κ2) is 5.17. The summed E-state index contributed by atoms with van der Waals surface area (Å²) in [4.78, 5) is 10.6. The maximum absolute atomic E-state index is 10.6. The quantitative estimate of drug-likeness (QED) is 0.714. The molecule has 0 radical (unpaired) electrons. The number of carboxylic acids is 1. The normalized spacial score (nSPS) is 11.8. The highest BCUT2D eigenvalue weighted by atomic mass is 16.5. The van der Waals surface area contributed by atoms with Gasteiger partial charge in [-0.2, -0.15) is 0 Å². The van der Waals surface area contributed by atoms with E-state index in [4.69, 9.17) is 15.6 Å². The molecule has 80 valence electrons. The fourth-order valence-electron chi connectivity index (χ4n) is 1.07. The Kier molecular flexibility index (Phi) is 3.88. The molecule has 3 N–H and O–H groups in total. The molecule has 0 bridgehead atoms. The molecular formula is C11H13NO3. The van der Waals surface area contributed by atoms with E-state index in [1.807, 2.05) is 0 Å². The molecule has 0 fully saturated rings. The molecule has 1 aromatic rings. The summed E-state index contributed by atoms with van der Waals surface area (Å²) >= 11 is 0. The predicted octanol–water partition coefficient (Wildman–Crippen LogP) is 1.34. The highest BCUT2D eigenvalue weighted by Gasteiger charge is 2.13. The fraction of sp³-hybridized carbons (Fsp3) is 0.182. The molecule has 1 rings (SSSR count). The largest absolute Gasteiger partial charge is 0.490 e. The van der Waals surface area contributed by atoms with E-state index >= 15 is 0 Å². The van der Waals surface area contributed by atoms with Crippen LogP contribution in [0.15, 0.2) is 36.9 Å². The molecule has 1 unspecified atom stereocenters. The van der Waals surface area contributed by atoms with Crippen LogP contribution in [0.3, 0.4) is 0 Å². The van der Waals surface area contributed by atoms with Crippen molar-refractivity contribution in [2.24, 2.45) is 5.73 Å². The first-order valence-corrected chi connectivity index (χ1v) is 4.47. The lowest BCUT2D eigenvalue weighted by atomic mass is 10.1. The van der Waals surface area contributed by atoms with Crippen LogP contribution in [0.5, 0.6) is 5.75 Å². The molecular weight excluding hydrogens is 194 g/mol. The minimum atomic E-state index is -1.05. The van der Waals surface area contributed by atoms with E-state index in [-0.39, 0.29) is 0 Å². The van der Waals surface area contributed by atoms with Gasteiger partial charge in [0.05, 0.1) is 0 Å². The Balaban J connectivity index is 2.71. The molecule has 0 aliphatic carbocycles. The zero-order valence-electron chi connectivity index (χ0n) is 8.22. The van der Waals surface area contributed by atoms with E-state index in [1.165, 1.54) is 0 Å². The maximum Gasteiger partial charge on any atom is 0.325 e. The molecule has 1 aromatic carbocycles. The van der Waals surface area contributed by atoms with Crippen molar-refractivity contribution in [3.05, 3.63) is 42.5 Å². The van der Waals surface area contributed by atoms with Crippen molar-refractivity contribution in [1.82, 2.24) is 0 Å². The van der Waals surface area contributed by atoms with Crippen molar-refractivity contribution >= 4 is 5.97 Å². The monoisotopic (exact) mass is 207 g/mol. The second-order valence-electron chi connectivity index (χ2n) is 2.98. The molecule has 0 aromatic heterocycles. The van der Waals surface area contributed by atoms with Crippen LogP contribution in [0.2, 0.25) is 0 Å². The van der Waals surface area contributed by atoms with E-state index in [1.54, 1.807) is 30.3 Å². The van der Waals surface area contributed by atoms with Crippen LogP contribution in [0.1, 0.15) is 11.6 Å². The first-order chi connectivity index (χ1) is 7.15. The van der Waals surface area contributed by atoms with Crippen LogP contribution in [0.4, 0.5) is 0 Å².